The number of rotatable bonds is 9. The molecule has 0 saturated heterocycles. The topological polar surface area (TPSA) is 63.6 Å². The summed E-state index contributed by atoms with van der Waals surface area (Å²) in [5, 5.41) is 10.3. The van der Waals surface area contributed by atoms with Crippen molar-refractivity contribution in [1.29, 1.82) is 0 Å². The van der Waals surface area contributed by atoms with E-state index in [0.717, 1.165) is 11.1 Å². The average Bonchev–Trinajstić information content (AvgIpc) is 2.75. The molecule has 3 rings (SSSR count). The van der Waals surface area contributed by atoms with E-state index in [1.165, 1.54) is 0 Å². The van der Waals surface area contributed by atoms with Gasteiger partial charge in [0.05, 0.1) is 12.5 Å². The molecule has 0 aliphatic rings. The number of Topliss-reactive ketones (excluding diaryl/α,β-unsaturated/α-hetero) is 1. The van der Waals surface area contributed by atoms with Gasteiger partial charge >= 0.3 is 5.97 Å². The van der Waals surface area contributed by atoms with E-state index in [0.29, 0.717) is 11.3 Å². The zero-order chi connectivity index (χ0) is 20.7. The van der Waals surface area contributed by atoms with Gasteiger partial charge in [0.1, 0.15) is 5.75 Å². The summed E-state index contributed by atoms with van der Waals surface area (Å²) in [5.74, 6) is -0.506. The first kappa shape index (κ1) is 20.3. The molecule has 0 amide bonds. The van der Waals surface area contributed by atoms with Gasteiger partial charge in [-0.15, -0.1) is 0 Å². The van der Waals surface area contributed by atoms with Crippen molar-refractivity contribution in [2.75, 3.05) is 7.11 Å². The van der Waals surface area contributed by atoms with Crippen LogP contribution in [-0.4, -0.2) is 24.0 Å². The molecule has 0 unspecified atom stereocenters. The molecule has 0 heterocycles. The maximum Gasteiger partial charge on any atom is 0.310 e. The molecule has 0 aromatic heterocycles. The lowest BCUT2D eigenvalue weighted by Gasteiger charge is -2.29. The summed E-state index contributed by atoms with van der Waals surface area (Å²) < 4.78 is 5.14. The second kappa shape index (κ2) is 9.20. The van der Waals surface area contributed by atoms with E-state index in [2.05, 4.69) is 0 Å². The molecule has 0 aliphatic heterocycles. The Labute approximate surface area is 170 Å². The number of benzene rings is 3. The van der Waals surface area contributed by atoms with Crippen molar-refractivity contribution in [3.63, 3.8) is 0 Å². The number of carboxylic acids is 1. The molecule has 0 bridgehead atoms. The summed E-state index contributed by atoms with van der Waals surface area (Å²) in [5.41, 5.74) is 1.04. The third-order valence-corrected chi connectivity index (χ3v) is 5.14. The molecule has 4 heteroatoms. The van der Waals surface area contributed by atoms with Gasteiger partial charge in [0.2, 0.25) is 0 Å². The van der Waals surface area contributed by atoms with Gasteiger partial charge in [0.25, 0.3) is 0 Å². The highest BCUT2D eigenvalue weighted by molar-refractivity contribution is 5.99. The Morgan fingerprint density at radius 1 is 0.793 bits per heavy atom. The van der Waals surface area contributed by atoms with Crippen LogP contribution in [0.3, 0.4) is 0 Å². The van der Waals surface area contributed by atoms with Crippen molar-refractivity contribution in [2.24, 2.45) is 5.41 Å². The number of hydrogen-bond acceptors (Lipinski definition) is 3. The second-order valence-electron chi connectivity index (χ2n) is 7.24. The first-order valence-electron chi connectivity index (χ1n) is 9.51. The molecule has 3 aromatic carbocycles. The Hall–Kier alpha value is -3.40. The zero-order valence-corrected chi connectivity index (χ0v) is 16.4. The zero-order valence-electron chi connectivity index (χ0n) is 16.4. The van der Waals surface area contributed by atoms with Crippen LogP contribution in [0.1, 0.15) is 27.9 Å². The van der Waals surface area contributed by atoms with Gasteiger partial charge in [-0.25, -0.2) is 0 Å². The molecule has 0 spiro atoms. The summed E-state index contributed by atoms with van der Waals surface area (Å²) in [6.07, 6.45) is 0.471. The number of hydrogen-bond donors (Lipinski definition) is 1. The predicted molar refractivity (Wildman–Crippen MR) is 112 cm³/mol. The van der Waals surface area contributed by atoms with Crippen LogP contribution in [0.5, 0.6) is 5.75 Å². The Morgan fingerprint density at radius 2 is 1.28 bits per heavy atom. The van der Waals surface area contributed by atoms with Crippen molar-refractivity contribution in [1.82, 2.24) is 0 Å². The summed E-state index contributed by atoms with van der Waals surface area (Å²) in [6.45, 7) is 0. The van der Waals surface area contributed by atoms with Crippen molar-refractivity contribution in [2.45, 2.75) is 19.3 Å². The van der Waals surface area contributed by atoms with Crippen LogP contribution in [0.25, 0.3) is 0 Å². The molecule has 0 atom stereocenters. The number of carbonyl (C=O) groups is 2. The first-order valence-corrected chi connectivity index (χ1v) is 9.51. The summed E-state index contributed by atoms with van der Waals surface area (Å²) in [4.78, 5) is 25.6. The quantitative estimate of drug-likeness (QED) is 0.534. The highest BCUT2D eigenvalue weighted by Gasteiger charge is 2.41. The van der Waals surface area contributed by atoms with E-state index in [9.17, 15) is 14.7 Å². The van der Waals surface area contributed by atoms with Crippen LogP contribution in [-0.2, 0) is 17.6 Å². The molecular weight excluding hydrogens is 364 g/mol. The van der Waals surface area contributed by atoms with Crippen molar-refractivity contribution in [3.05, 3.63) is 102 Å². The molecule has 29 heavy (non-hydrogen) atoms. The summed E-state index contributed by atoms with van der Waals surface area (Å²) in [7, 11) is 1.56. The largest absolute Gasteiger partial charge is 0.497 e. The van der Waals surface area contributed by atoms with Gasteiger partial charge < -0.3 is 9.84 Å². The lowest BCUT2D eigenvalue weighted by molar-refractivity contribution is -0.148. The van der Waals surface area contributed by atoms with Gasteiger partial charge in [-0.3, -0.25) is 9.59 Å². The molecule has 3 aromatic rings. The molecular formula is C25H24O4. The standard InChI is InChI=1S/C25H24O4/c1-29-22-14-12-21(13-15-22)23(26)18-25(24(27)28,16-19-8-4-2-5-9-19)17-20-10-6-3-7-11-20/h2-15H,16-18H2,1H3,(H,27,28). The monoisotopic (exact) mass is 388 g/mol. The Bertz CT molecular complexity index is 906. The SMILES string of the molecule is COc1ccc(C(=O)CC(Cc2ccccc2)(Cc2ccccc2)C(=O)O)cc1. The highest BCUT2D eigenvalue weighted by Crippen LogP contribution is 2.34. The van der Waals surface area contributed by atoms with E-state index in [-0.39, 0.29) is 25.0 Å². The normalized spacial score (nSPS) is 11.1. The Balaban J connectivity index is 1.95. The van der Waals surface area contributed by atoms with Crippen LogP contribution in [0.15, 0.2) is 84.9 Å². The van der Waals surface area contributed by atoms with Gasteiger partial charge in [-0.05, 0) is 48.2 Å². The number of aliphatic carboxylic acids is 1. The first-order chi connectivity index (χ1) is 14.0. The van der Waals surface area contributed by atoms with Gasteiger partial charge in [-0.2, -0.15) is 0 Å². The summed E-state index contributed by atoms with van der Waals surface area (Å²) >= 11 is 0. The van der Waals surface area contributed by atoms with Crippen LogP contribution in [0.4, 0.5) is 0 Å². The fourth-order valence-corrected chi connectivity index (χ4v) is 3.57. The summed E-state index contributed by atoms with van der Waals surface area (Å²) in [6, 6.07) is 25.7. The fourth-order valence-electron chi connectivity index (χ4n) is 3.57. The van der Waals surface area contributed by atoms with Gasteiger partial charge in [0.15, 0.2) is 5.78 Å². The van der Waals surface area contributed by atoms with Gasteiger partial charge in [0, 0.05) is 12.0 Å². The highest BCUT2D eigenvalue weighted by atomic mass is 16.5. The number of carbonyl (C=O) groups excluding carboxylic acids is 1. The lowest BCUT2D eigenvalue weighted by Crippen LogP contribution is -2.38. The lowest BCUT2D eigenvalue weighted by atomic mass is 9.72. The van der Waals surface area contributed by atoms with E-state index < -0.39 is 11.4 Å². The molecule has 0 fully saturated rings. The maximum atomic E-state index is 13.0. The van der Waals surface area contributed by atoms with Crippen LogP contribution in [0, 0.1) is 5.41 Å². The Morgan fingerprint density at radius 3 is 1.69 bits per heavy atom. The van der Waals surface area contributed by atoms with E-state index in [1.807, 2.05) is 60.7 Å². The van der Waals surface area contributed by atoms with Crippen LogP contribution < -0.4 is 4.74 Å². The van der Waals surface area contributed by atoms with Gasteiger partial charge in [-0.1, -0.05) is 60.7 Å². The predicted octanol–water partition coefficient (Wildman–Crippen LogP) is 4.82. The molecule has 0 saturated carbocycles. The van der Waals surface area contributed by atoms with Crippen LogP contribution in [0.2, 0.25) is 0 Å². The molecule has 0 radical (unpaired) electrons. The number of ether oxygens (including phenoxy) is 1. The van der Waals surface area contributed by atoms with Crippen LogP contribution >= 0.6 is 0 Å². The number of carboxylic acid groups (broad SMARTS) is 1. The Kier molecular flexibility index (Phi) is 6.45. The molecule has 4 nitrogen and oxygen atoms in total. The van der Waals surface area contributed by atoms with E-state index in [4.69, 9.17) is 4.74 Å². The second-order valence-corrected chi connectivity index (χ2v) is 7.24. The molecule has 1 N–H and O–H groups in total. The fraction of sp³-hybridized carbons (Fsp3) is 0.200. The van der Waals surface area contributed by atoms with Crippen molar-refractivity contribution < 1.29 is 19.4 Å². The van der Waals surface area contributed by atoms with Crippen molar-refractivity contribution in [3.8, 4) is 5.75 Å². The third-order valence-electron chi connectivity index (χ3n) is 5.14. The van der Waals surface area contributed by atoms with E-state index >= 15 is 0 Å². The number of ketones is 1. The maximum absolute atomic E-state index is 13.0. The van der Waals surface area contributed by atoms with Crippen molar-refractivity contribution >= 4 is 11.8 Å². The average molecular weight is 388 g/mol. The third kappa shape index (κ3) is 5.11. The minimum absolute atomic E-state index is 0.0849. The smallest absolute Gasteiger partial charge is 0.310 e. The minimum atomic E-state index is -1.24. The van der Waals surface area contributed by atoms with E-state index in [1.54, 1.807) is 31.4 Å². The number of methoxy groups -OCH3 is 1. The molecule has 0 aliphatic carbocycles. The minimum Gasteiger partial charge on any atom is -0.497 e. The molecule has 148 valence electrons.